The first-order chi connectivity index (χ1) is 10.3. The molecule has 0 atom stereocenters. The van der Waals surface area contributed by atoms with Gasteiger partial charge in [0.25, 0.3) is 5.91 Å². The van der Waals surface area contributed by atoms with Gasteiger partial charge in [-0.1, -0.05) is 23.7 Å². The van der Waals surface area contributed by atoms with E-state index in [0.717, 1.165) is 0 Å². The molecule has 3 aromatic rings. The molecule has 0 saturated carbocycles. The highest BCUT2D eigenvalue weighted by molar-refractivity contribution is 6.34. The van der Waals surface area contributed by atoms with Crippen LogP contribution in [0.5, 0.6) is 0 Å². The molecule has 1 N–H and O–H groups in total. The number of hydrogen-bond acceptors (Lipinski definition) is 5. The summed E-state index contributed by atoms with van der Waals surface area (Å²) in [4.78, 5) is 16.1. The molecule has 0 bridgehead atoms. The number of carbonyl (C=O) groups excluding carboxylic acids is 1. The van der Waals surface area contributed by atoms with Gasteiger partial charge in [0.05, 0.1) is 22.0 Å². The summed E-state index contributed by atoms with van der Waals surface area (Å²) >= 11 is 5.96. The lowest BCUT2D eigenvalue weighted by molar-refractivity contribution is 0.102. The summed E-state index contributed by atoms with van der Waals surface area (Å²) in [6, 6.07) is 8.73. The molecule has 0 spiro atoms. The Morgan fingerprint density at radius 2 is 2.10 bits per heavy atom. The number of aromatic nitrogens is 5. The molecule has 0 saturated heterocycles. The highest BCUT2D eigenvalue weighted by Crippen LogP contribution is 2.21. The number of nitrogens with one attached hydrogen (secondary N) is 1. The van der Waals surface area contributed by atoms with Crippen molar-refractivity contribution in [2.75, 3.05) is 5.32 Å². The van der Waals surface area contributed by atoms with Crippen molar-refractivity contribution in [2.45, 2.75) is 0 Å². The average molecular weight is 301 g/mol. The molecule has 0 fully saturated rings. The number of halogens is 1. The number of hydrogen-bond donors (Lipinski definition) is 1. The van der Waals surface area contributed by atoms with Gasteiger partial charge < -0.3 is 5.32 Å². The Labute approximate surface area is 124 Å². The Morgan fingerprint density at radius 1 is 1.24 bits per heavy atom. The van der Waals surface area contributed by atoms with Crippen LogP contribution >= 0.6 is 11.6 Å². The third-order valence-corrected chi connectivity index (χ3v) is 3.07. The van der Waals surface area contributed by atoms with E-state index in [0.29, 0.717) is 16.9 Å². The first kappa shape index (κ1) is 13.2. The summed E-state index contributed by atoms with van der Waals surface area (Å²) in [5.74, 6) is -0.331. The second-order valence-electron chi connectivity index (χ2n) is 4.08. The van der Waals surface area contributed by atoms with Crippen molar-refractivity contribution >= 4 is 23.2 Å². The van der Waals surface area contributed by atoms with Crippen LogP contribution in [0.1, 0.15) is 10.4 Å². The number of rotatable bonds is 3. The molecule has 8 heteroatoms. The summed E-state index contributed by atoms with van der Waals surface area (Å²) < 4.78 is 1.46. The lowest BCUT2D eigenvalue weighted by Gasteiger charge is -2.10. The largest absolute Gasteiger partial charge is 0.320 e. The zero-order valence-electron chi connectivity index (χ0n) is 10.6. The van der Waals surface area contributed by atoms with E-state index in [-0.39, 0.29) is 10.9 Å². The Morgan fingerprint density at radius 3 is 2.86 bits per heavy atom. The molecule has 0 unspecified atom stereocenters. The van der Waals surface area contributed by atoms with E-state index in [9.17, 15) is 4.79 Å². The van der Waals surface area contributed by atoms with Crippen molar-refractivity contribution < 1.29 is 4.79 Å². The highest BCUT2D eigenvalue weighted by Gasteiger charge is 2.13. The molecule has 0 radical (unpaired) electrons. The predicted octanol–water partition coefficient (Wildman–Crippen LogP) is 1.96. The van der Waals surface area contributed by atoms with E-state index in [1.54, 1.807) is 24.3 Å². The predicted molar refractivity (Wildman–Crippen MR) is 76.4 cm³/mol. The number of anilines is 1. The van der Waals surface area contributed by atoms with Crippen molar-refractivity contribution in [1.29, 1.82) is 0 Å². The van der Waals surface area contributed by atoms with Crippen molar-refractivity contribution in [3.63, 3.8) is 0 Å². The van der Waals surface area contributed by atoms with Crippen LogP contribution in [0, 0.1) is 0 Å². The summed E-state index contributed by atoms with van der Waals surface area (Å²) in [5, 5.41) is 14.1. The summed E-state index contributed by atoms with van der Waals surface area (Å²) in [7, 11) is 0. The number of tetrazole rings is 1. The Balaban J connectivity index is 1.93. The first-order valence-electron chi connectivity index (χ1n) is 5.99. The number of benzene rings is 1. The van der Waals surface area contributed by atoms with E-state index in [1.807, 2.05) is 6.07 Å². The maximum absolute atomic E-state index is 12.3. The van der Waals surface area contributed by atoms with Gasteiger partial charge in [-0.2, -0.15) is 4.68 Å². The van der Waals surface area contributed by atoms with E-state index >= 15 is 0 Å². The van der Waals surface area contributed by atoms with E-state index in [1.165, 1.54) is 23.4 Å². The topological polar surface area (TPSA) is 85.6 Å². The van der Waals surface area contributed by atoms with Gasteiger partial charge in [0.2, 0.25) is 0 Å². The molecule has 104 valence electrons. The summed E-state index contributed by atoms with van der Waals surface area (Å²) in [5.41, 5.74) is 1.57. The van der Waals surface area contributed by atoms with Crippen LogP contribution in [0.15, 0.2) is 49.1 Å². The maximum atomic E-state index is 12.3. The lowest BCUT2D eigenvalue weighted by atomic mass is 10.2. The highest BCUT2D eigenvalue weighted by atomic mass is 35.5. The van der Waals surface area contributed by atoms with Crippen LogP contribution in [0.25, 0.3) is 5.69 Å². The fraction of sp³-hybridized carbons (Fsp3) is 0. The molecule has 0 aliphatic heterocycles. The number of para-hydroxylation sites is 2. The van der Waals surface area contributed by atoms with Crippen molar-refractivity contribution in [3.8, 4) is 5.69 Å². The minimum atomic E-state index is -0.331. The molecule has 0 aliphatic rings. The second-order valence-corrected chi connectivity index (χ2v) is 4.49. The monoisotopic (exact) mass is 300 g/mol. The van der Waals surface area contributed by atoms with Crippen LogP contribution in [0.2, 0.25) is 5.02 Å². The van der Waals surface area contributed by atoms with Crippen LogP contribution in [0.3, 0.4) is 0 Å². The molecular weight excluding hydrogens is 292 g/mol. The molecule has 1 amide bonds. The van der Waals surface area contributed by atoms with Crippen molar-refractivity contribution in [2.24, 2.45) is 0 Å². The summed E-state index contributed by atoms with van der Waals surface area (Å²) in [6.45, 7) is 0. The molecule has 1 aromatic carbocycles. The van der Waals surface area contributed by atoms with E-state index < -0.39 is 0 Å². The molecule has 3 rings (SSSR count). The minimum absolute atomic E-state index is 0.287. The Hall–Kier alpha value is -2.80. The standard InChI is InChI=1S/C13H9ClN6O/c14-10-7-15-6-5-9(10)13(21)17-11-3-1-2-4-12(11)20-8-16-18-19-20/h1-8H,(H,17,21). The van der Waals surface area contributed by atoms with Gasteiger partial charge in [-0.25, -0.2) is 0 Å². The minimum Gasteiger partial charge on any atom is -0.320 e. The molecular formula is C13H9ClN6O. The van der Waals surface area contributed by atoms with Gasteiger partial charge in [0, 0.05) is 12.4 Å². The van der Waals surface area contributed by atoms with Crippen LogP contribution in [-0.2, 0) is 0 Å². The smallest absolute Gasteiger partial charge is 0.257 e. The van der Waals surface area contributed by atoms with Crippen molar-refractivity contribution in [1.82, 2.24) is 25.2 Å². The number of nitrogens with zero attached hydrogens (tertiary/aromatic N) is 5. The molecule has 2 aromatic heterocycles. The van der Waals surface area contributed by atoms with Crippen LogP contribution in [-0.4, -0.2) is 31.1 Å². The SMILES string of the molecule is O=C(Nc1ccccc1-n1cnnn1)c1ccncc1Cl. The Kier molecular flexibility index (Phi) is 3.57. The molecule has 0 aliphatic carbocycles. The zero-order chi connectivity index (χ0) is 14.7. The molecule has 21 heavy (non-hydrogen) atoms. The number of carbonyl (C=O) groups is 1. The third-order valence-electron chi connectivity index (χ3n) is 2.77. The second kappa shape index (κ2) is 5.68. The van der Waals surface area contributed by atoms with Crippen molar-refractivity contribution in [3.05, 3.63) is 59.6 Å². The third kappa shape index (κ3) is 2.72. The van der Waals surface area contributed by atoms with Gasteiger partial charge in [0.1, 0.15) is 6.33 Å². The Bertz CT molecular complexity index is 774. The fourth-order valence-corrected chi connectivity index (χ4v) is 2.00. The fourth-order valence-electron chi connectivity index (χ4n) is 1.80. The number of pyridine rings is 1. The molecule has 2 heterocycles. The molecule has 7 nitrogen and oxygen atoms in total. The quantitative estimate of drug-likeness (QED) is 0.799. The maximum Gasteiger partial charge on any atom is 0.257 e. The first-order valence-corrected chi connectivity index (χ1v) is 6.37. The van der Waals surface area contributed by atoms with Gasteiger partial charge in [-0.3, -0.25) is 9.78 Å². The average Bonchev–Trinajstić information content (AvgIpc) is 3.02. The van der Waals surface area contributed by atoms with Gasteiger partial charge in [-0.15, -0.1) is 5.10 Å². The van der Waals surface area contributed by atoms with Crippen LogP contribution in [0.4, 0.5) is 5.69 Å². The van der Waals surface area contributed by atoms with Gasteiger partial charge >= 0.3 is 0 Å². The number of amides is 1. The van der Waals surface area contributed by atoms with Gasteiger partial charge in [-0.05, 0) is 28.6 Å². The summed E-state index contributed by atoms with van der Waals surface area (Å²) in [6.07, 6.45) is 4.38. The normalized spacial score (nSPS) is 10.3. The van der Waals surface area contributed by atoms with Crippen LogP contribution < -0.4 is 5.32 Å². The van der Waals surface area contributed by atoms with E-state index in [4.69, 9.17) is 11.6 Å². The van der Waals surface area contributed by atoms with Gasteiger partial charge in [0.15, 0.2) is 0 Å². The zero-order valence-corrected chi connectivity index (χ0v) is 11.4. The van der Waals surface area contributed by atoms with E-state index in [2.05, 4.69) is 25.8 Å². The lowest BCUT2D eigenvalue weighted by Crippen LogP contribution is -2.14.